The molecular weight excluding hydrogens is 348 g/mol. The SMILES string of the molecule is Cc1cccc(NC(=O)c2cccc(C(=O)NCCc3ccccc3)c2)c1C. The van der Waals surface area contributed by atoms with Gasteiger partial charge >= 0.3 is 0 Å². The standard InChI is InChI=1S/C24H24N2O2/c1-17-8-6-13-22(18(17)2)26-24(28)21-12-7-11-20(16-21)23(27)25-15-14-19-9-4-3-5-10-19/h3-13,16H,14-15H2,1-2H3,(H,25,27)(H,26,28). The molecule has 0 saturated carbocycles. The van der Waals surface area contributed by atoms with Crippen LogP contribution in [0.15, 0.2) is 72.8 Å². The summed E-state index contributed by atoms with van der Waals surface area (Å²) in [5.41, 5.74) is 5.03. The first-order valence-corrected chi connectivity index (χ1v) is 9.34. The Bertz CT molecular complexity index is 981. The van der Waals surface area contributed by atoms with Crippen molar-refractivity contribution in [3.63, 3.8) is 0 Å². The van der Waals surface area contributed by atoms with Crippen LogP contribution in [0.2, 0.25) is 0 Å². The van der Waals surface area contributed by atoms with E-state index < -0.39 is 0 Å². The highest BCUT2D eigenvalue weighted by atomic mass is 16.2. The van der Waals surface area contributed by atoms with Crippen LogP contribution in [-0.4, -0.2) is 18.4 Å². The van der Waals surface area contributed by atoms with Crippen molar-refractivity contribution in [2.75, 3.05) is 11.9 Å². The number of carbonyl (C=O) groups excluding carboxylic acids is 2. The molecule has 0 aliphatic heterocycles. The number of carbonyl (C=O) groups is 2. The van der Waals surface area contributed by atoms with E-state index in [1.807, 2.05) is 62.4 Å². The van der Waals surface area contributed by atoms with Crippen molar-refractivity contribution in [2.45, 2.75) is 20.3 Å². The molecule has 0 aromatic heterocycles. The lowest BCUT2D eigenvalue weighted by Crippen LogP contribution is -2.26. The lowest BCUT2D eigenvalue weighted by molar-refractivity contribution is 0.0954. The Hall–Kier alpha value is -3.40. The van der Waals surface area contributed by atoms with Gasteiger partial charge in [0.2, 0.25) is 0 Å². The van der Waals surface area contributed by atoms with Gasteiger partial charge in [-0.3, -0.25) is 9.59 Å². The summed E-state index contributed by atoms with van der Waals surface area (Å²) in [5.74, 6) is -0.412. The third kappa shape index (κ3) is 4.86. The number of hydrogen-bond donors (Lipinski definition) is 2. The quantitative estimate of drug-likeness (QED) is 0.668. The third-order valence-electron chi connectivity index (χ3n) is 4.78. The molecule has 0 unspecified atom stereocenters. The van der Waals surface area contributed by atoms with Gasteiger partial charge < -0.3 is 10.6 Å². The van der Waals surface area contributed by atoms with Crippen LogP contribution in [0.3, 0.4) is 0 Å². The molecule has 0 radical (unpaired) electrons. The van der Waals surface area contributed by atoms with Gasteiger partial charge in [-0.2, -0.15) is 0 Å². The minimum atomic E-state index is -0.229. The molecule has 4 heteroatoms. The number of rotatable bonds is 6. The van der Waals surface area contributed by atoms with E-state index in [9.17, 15) is 9.59 Å². The summed E-state index contributed by atoms with van der Waals surface area (Å²) in [4.78, 5) is 25.0. The normalized spacial score (nSPS) is 10.4. The van der Waals surface area contributed by atoms with E-state index in [0.717, 1.165) is 23.2 Å². The molecule has 0 bridgehead atoms. The summed E-state index contributed by atoms with van der Waals surface area (Å²) in [7, 11) is 0. The van der Waals surface area contributed by atoms with Gasteiger partial charge in [0.1, 0.15) is 0 Å². The van der Waals surface area contributed by atoms with Gasteiger partial charge in [-0.25, -0.2) is 0 Å². The topological polar surface area (TPSA) is 58.2 Å². The fourth-order valence-electron chi connectivity index (χ4n) is 2.95. The van der Waals surface area contributed by atoms with Gasteiger partial charge in [-0.1, -0.05) is 48.5 Å². The zero-order valence-electron chi connectivity index (χ0n) is 16.2. The van der Waals surface area contributed by atoms with Gasteiger partial charge in [0, 0.05) is 23.4 Å². The van der Waals surface area contributed by atoms with Gasteiger partial charge in [0.25, 0.3) is 11.8 Å². The Kier molecular flexibility index (Phi) is 6.22. The molecule has 142 valence electrons. The van der Waals surface area contributed by atoms with Gasteiger partial charge in [0.05, 0.1) is 0 Å². The highest BCUT2D eigenvalue weighted by molar-refractivity contribution is 6.06. The maximum absolute atomic E-state index is 12.6. The summed E-state index contributed by atoms with van der Waals surface area (Å²) < 4.78 is 0. The lowest BCUT2D eigenvalue weighted by Gasteiger charge is -2.11. The van der Waals surface area contributed by atoms with Crippen LogP contribution in [0, 0.1) is 13.8 Å². The van der Waals surface area contributed by atoms with Crippen LogP contribution >= 0.6 is 0 Å². The van der Waals surface area contributed by atoms with Crippen molar-refractivity contribution in [3.8, 4) is 0 Å². The van der Waals surface area contributed by atoms with E-state index in [1.165, 1.54) is 5.56 Å². The smallest absolute Gasteiger partial charge is 0.255 e. The number of benzene rings is 3. The molecule has 4 nitrogen and oxygen atoms in total. The molecule has 0 spiro atoms. The van der Waals surface area contributed by atoms with E-state index in [1.54, 1.807) is 24.3 Å². The fourth-order valence-corrected chi connectivity index (χ4v) is 2.95. The highest BCUT2D eigenvalue weighted by Crippen LogP contribution is 2.19. The molecule has 0 fully saturated rings. The molecule has 3 rings (SSSR count). The minimum Gasteiger partial charge on any atom is -0.352 e. The molecule has 28 heavy (non-hydrogen) atoms. The second-order valence-corrected chi connectivity index (χ2v) is 6.77. The van der Waals surface area contributed by atoms with Crippen molar-refractivity contribution in [1.82, 2.24) is 5.32 Å². The first-order chi connectivity index (χ1) is 13.5. The van der Waals surface area contributed by atoms with Crippen LogP contribution < -0.4 is 10.6 Å². The van der Waals surface area contributed by atoms with Crippen molar-refractivity contribution in [3.05, 3.63) is 101 Å². The fraction of sp³-hybridized carbons (Fsp3) is 0.167. The molecule has 2 N–H and O–H groups in total. The summed E-state index contributed by atoms with van der Waals surface area (Å²) >= 11 is 0. The largest absolute Gasteiger partial charge is 0.352 e. The summed E-state index contributed by atoms with van der Waals surface area (Å²) in [6.45, 7) is 4.52. The second kappa shape index (κ2) is 9.00. The van der Waals surface area contributed by atoms with Crippen LogP contribution in [0.25, 0.3) is 0 Å². The third-order valence-corrected chi connectivity index (χ3v) is 4.78. The Morgan fingerprint density at radius 3 is 2.21 bits per heavy atom. The minimum absolute atomic E-state index is 0.183. The first kappa shape index (κ1) is 19.4. The first-order valence-electron chi connectivity index (χ1n) is 9.34. The summed E-state index contributed by atoms with van der Waals surface area (Å²) in [6, 6.07) is 22.6. The molecule has 3 aromatic carbocycles. The Morgan fingerprint density at radius 2 is 1.46 bits per heavy atom. The molecule has 0 saturated heterocycles. The predicted molar refractivity (Wildman–Crippen MR) is 113 cm³/mol. The number of anilines is 1. The van der Waals surface area contributed by atoms with E-state index >= 15 is 0 Å². The zero-order chi connectivity index (χ0) is 19.9. The van der Waals surface area contributed by atoms with Gasteiger partial charge in [0.15, 0.2) is 0 Å². The van der Waals surface area contributed by atoms with Crippen LogP contribution in [0.5, 0.6) is 0 Å². The van der Waals surface area contributed by atoms with E-state index in [2.05, 4.69) is 10.6 Å². The Balaban J connectivity index is 1.63. The molecule has 0 aliphatic carbocycles. The molecule has 3 aromatic rings. The molecule has 0 atom stereocenters. The maximum atomic E-state index is 12.6. The van der Waals surface area contributed by atoms with Gasteiger partial charge in [-0.15, -0.1) is 0 Å². The average molecular weight is 372 g/mol. The van der Waals surface area contributed by atoms with Crippen molar-refractivity contribution >= 4 is 17.5 Å². The number of aryl methyl sites for hydroxylation is 1. The predicted octanol–water partition coefficient (Wildman–Crippen LogP) is 4.53. The summed E-state index contributed by atoms with van der Waals surface area (Å²) in [5, 5.41) is 5.84. The number of nitrogens with one attached hydrogen (secondary N) is 2. The lowest BCUT2D eigenvalue weighted by atomic mass is 10.1. The van der Waals surface area contributed by atoms with Crippen LogP contribution in [0.1, 0.15) is 37.4 Å². The summed E-state index contributed by atoms with van der Waals surface area (Å²) in [6.07, 6.45) is 0.763. The van der Waals surface area contributed by atoms with Crippen LogP contribution in [-0.2, 0) is 6.42 Å². The number of amides is 2. The monoisotopic (exact) mass is 372 g/mol. The zero-order valence-corrected chi connectivity index (χ0v) is 16.2. The molecule has 0 heterocycles. The second-order valence-electron chi connectivity index (χ2n) is 6.77. The van der Waals surface area contributed by atoms with Crippen molar-refractivity contribution < 1.29 is 9.59 Å². The Labute approximate surface area is 165 Å². The van der Waals surface area contributed by atoms with Gasteiger partial charge in [-0.05, 0) is 61.2 Å². The van der Waals surface area contributed by atoms with E-state index in [4.69, 9.17) is 0 Å². The number of hydrogen-bond acceptors (Lipinski definition) is 2. The van der Waals surface area contributed by atoms with E-state index in [-0.39, 0.29) is 11.8 Å². The van der Waals surface area contributed by atoms with E-state index in [0.29, 0.717) is 17.7 Å². The van der Waals surface area contributed by atoms with Crippen molar-refractivity contribution in [2.24, 2.45) is 0 Å². The maximum Gasteiger partial charge on any atom is 0.255 e. The molecule has 0 aliphatic rings. The molecular formula is C24H24N2O2. The average Bonchev–Trinajstić information content (AvgIpc) is 2.72. The van der Waals surface area contributed by atoms with Crippen LogP contribution in [0.4, 0.5) is 5.69 Å². The Morgan fingerprint density at radius 1 is 0.786 bits per heavy atom. The van der Waals surface area contributed by atoms with Crippen molar-refractivity contribution in [1.29, 1.82) is 0 Å². The molecule has 2 amide bonds. The highest BCUT2D eigenvalue weighted by Gasteiger charge is 2.12.